The normalized spacial score (nSPS) is 10.7. The molecular weight excluding hydrogens is 334 g/mol. The lowest BCUT2D eigenvalue weighted by atomic mass is 10.2. The lowest BCUT2D eigenvalue weighted by Gasteiger charge is -2.09. The van der Waals surface area contributed by atoms with E-state index in [0.717, 1.165) is 5.56 Å². The third-order valence-corrected chi connectivity index (χ3v) is 3.79. The van der Waals surface area contributed by atoms with Crippen molar-refractivity contribution >= 4 is 17.3 Å². The molecule has 1 aromatic carbocycles. The summed E-state index contributed by atoms with van der Waals surface area (Å²) in [5.74, 6) is 0.569. The van der Waals surface area contributed by atoms with Crippen LogP contribution in [-0.4, -0.2) is 24.3 Å². The van der Waals surface area contributed by atoms with E-state index in [9.17, 15) is 14.9 Å². The number of hydrogen-bond acceptors (Lipinski definition) is 5. The summed E-state index contributed by atoms with van der Waals surface area (Å²) in [6.45, 7) is 0.545. The molecule has 0 N–H and O–H groups in total. The number of benzene rings is 1. The molecule has 0 amide bonds. The van der Waals surface area contributed by atoms with E-state index in [-0.39, 0.29) is 17.8 Å². The van der Waals surface area contributed by atoms with E-state index in [1.54, 1.807) is 10.7 Å². The van der Waals surface area contributed by atoms with Crippen molar-refractivity contribution in [2.24, 2.45) is 0 Å². The van der Waals surface area contributed by atoms with Crippen molar-refractivity contribution in [3.05, 3.63) is 74.4 Å². The smallest absolute Gasteiger partial charge is 0.285 e. The quantitative estimate of drug-likeness (QED) is 0.522. The fourth-order valence-electron chi connectivity index (χ4n) is 2.28. The molecule has 0 aliphatic rings. The zero-order chi connectivity index (χ0) is 17.1. The Labute approximate surface area is 141 Å². The average molecular weight is 346 g/mol. The van der Waals surface area contributed by atoms with Crippen molar-refractivity contribution in [1.82, 2.24) is 19.3 Å². The minimum Gasteiger partial charge on any atom is -0.307 e. The molecule has 8 nitrogen and oxygen atoms in total. The minimum absolute atomic E-state index is 0.139. The molecule has 0 fully saturated rings. The summed E-state index contributed by atoms with van der Waals surface area (Å²) >= 11 is 6.17. The van der Waals surface area contributed by atoms with Crippen LogP contribution in [0.5, 0.6) is 0 Å². The van der Waals surface area contributed by atoms with Gasteiger partial charge in [0.15, 0.2) is 5.82 Å². The molecule has 0 saturated heterocycles. The van der Waals surface area contributed by atoms with Gasteiger partial charge in [-0.2, -0.15) is 5.10 Å². The molecule has 0 aliphatic carbocycles. The molecule has 0 atom stereocenters. The van der Waals surface area contributed by atoms with Gasteiger partial charge in [-0.3, -0.25) is 14.9 Å². The van der Waals surface area contributed by atoms with Crippen LogP contribution in [0.1, 0.15) is 0 Å². The van der Waals surface area contributed by atoms with E-state index in [1.165, 1.54) is 29.2 Å². The van der Waals surface area contributed by atoms with Gasteiger partial charge in [0.1, 0.15) is 6.33 Å². The van der Waals surface area contributed by atoms with Gasteiger partial charge in [0.25, 0.3) is 11.2 Å². The molecule has 3 aromatic rings. The molecule has 0 spiro atoms. The Kier molecular flexibility index (Phi) is 4.39. The average Bonchev–Trinajstić information content (AvgIpc) is 3.02. The van der Waals surface area contributed by atoms with E-state index >= 15 is 0 Å². The van der Waals surface area contributed by atoms with Crippen molar-refractivity contribution in [3.63, 3.8) is 0 Å². The van der Waals surface area contributed by atoms with Crippen molar-refractivity contribution in [2.75, 3.05) is 0 Å². The monoisotopic (exact) mass is 345 g/mol. The maximum Gasteiger partial charge on any atom is 0.285 e. The van der Waals surface area contributed by atoms with Crippen molar-refractivity contribution in [1.29, 1.82) is 0 Å². The number of halogens is 1. The molecule has 0 aliphatic heterocycles. The number of hydrogen-bond donors (Lipinski definition) is 0. The van der Waals surface area contributed by atoms with Gasteiger partial charge >= 0.3 is 0 Å². The number of aromatic nitrogens is 4. The van der Waals surface area contributed by atoms with Crippen LogP contribution in [0.25, 0.3) is 11.4 Å². The van der Waals surface area contributed by atoms with Crippen LogP contribution in [0, 0.1) is 10.1 Å². The number of aryl methyl sites for hydroxylation is 2. The topological polar surface area (TPSA) is 95.8 Å². The molecule has 2 aromatic heterocycles. The molecule has 0 radical (unpaired) electrons. The molecule has 0 bridgehead atoms. The van der Waals surface area contributed by atoms with Crippen molar-refractivity contribution in [3.8, 4) is 11.4 Å². The van der Waals surface area contributed by atoms with E-state index in [1.807, 2.05) is 18.2 Å². The summed E-state index contributed by atoms with van der Waals surface area (Å²) in [5.41, 5.74) is 0.266. The van der Waals surface area contributed by atoms with Crippen LogP contribution < -0.4 is 5.56 Å². The highest BCUT2D eigenvalue weighted by Crippen LogP contribution is 2.25. The van der Waals surface area contributed by atoms with Gasteiger partial charge in [0.05, 0.1) is 22.7 Å². The Hall–Kier alpha value is -3.00. The van der Waals surface area contributed by atoms with Crippen molar-refractivity contribution in [2.45, 2.75) is 13.1 Å². The second-order valence-corrected chi connectivity index (χ2v) is 5.37. The zero-order valence-electron chi connectivity index (χ0n) is 12.4. The molecule has 0 unspecified atom stereocenters. The summed E-state index contributed by atoms with van der Waals surface area (Å²) in [5, 5.41) is 15.5. The van der Waals surface area contributed by atoms with Crippen LogP contribution in [0.15, 0.2) is 53.7 Å². The van der Waals surface area contributed by atoms with Gasteiger partial charge < -0.3 is 4.57 Å². The van der Waals surface area contributed by atoms with Gasteiger partial charge in [-0.15, -0.1) is 0 Å². The van der Waals surface area contributed by atoms with Crippen LogP contribution in [-0.2, 0) is 13.1 Å². The summed E-state index contributed by atoms with van der Waals surface area (Å²) in [7, 11) is 0. The Bertz CT molecular complexity index is 950. The predicted molar refractivity (Wildman–Crippen MR) is 87.8 cm³/mol. The Morgan fingerprint density at radius 2 is 1.96 bits per heavy atom. The maximum absolute atomic E-state index is 11.8. The predicted octanol–water partition coefficient (Wildman–Crippen LogP) is 2.37. The molecule has 122 valence electrons. The molecule has 24 heavy (non-hydrogen) atoms. The highest BCUT2D eigenvalue weighted by Gasteiger charge is 2.12. The van der Waals surface area contributed by atoms with E-state index < -0.39 is 4.92 Å². The number of nitro groups is 1. The summed E-state index contributed by atoms with van der Waals surface area (Å²) < 4.78 is 2.88. The first-order valence-electron chi connectivity index (χ1n) is 7.04. The lowest BCUT2D eigenvalue weighted by molar-refractivity contribution is -0.385. The van der Waals surface area contributed by atoms with Crippen LogP contribution in [0.4, 0.5) is 5.69 Å². The van der Waals surface area contributed by atoms with Gasteiger partial charge in [0, 0.05) is 24.2 Å². The lowest BCUT2D eigenvalue weighted by Crippen LogP contribution is -2.22. The van der Waals surface area contributed by atoms with Gasteiger partial charge in [-0.1, -0.05) is 23.7 Å². The van der Waals surface area contributed by atoms with Crippen molar-refractivity contribution < 1.29 is 4.92 Å². The SMILES string of the molecule is O=c1ccc([N+](=O)[O-])cn1CCn1ncnc1-c1ccccc1Cl. The Morgan fingerprint density at radius 3 is 2.71 bits per heavy atom. The molecular formula is C15H12ClN5O3. The Morgan fingerprint density at radius 1 is 1.17 bits per heavy atom. The first-order valence-corrected chi connectivity index (χ1v) is 7.41. The standard InChI is InChI=1S/C15H12ClN5O3/c16-13-4-2-1-3-12(13)15-17-10-18-20(15)8-7-19-9-11(21(23)24)5-6-14(19)22/h1-6,9-10H,7-8H2. The first-order chi connectivity index (χ1) is 11.6. The Balaban J connectivity index is 1.86. The molecule has 2 heterocycles. The second kappa shape index (κ2) is 6.63. The van der Waals surface area contributed by atoms with Crippen LogP contribution >= 0.6 is 11.6 Å². The first kappa shape index (κ1) is 15.9. The summed E-state index contributed by atoms with van der Waals surface area (Å²) in [4.78, 5) is 26.3. The third-order valence-electron chi connectivity index (χ3n) is 3.46. The van der Waals surface area contributed by atoms with E-state index in [2.05, 4.69) is 10.1 Å². The largest absolute Gasteiger partial charge is 0.307 e. The zero-order valence-corrected chi connectivity index (χ0v) is 13.1. The highest BCUT2D eigenvalue weighted by atomic mass is 35.5. The summed E-state index contributed by atoms with van der Waals surface area (Å²) in [6.07, 6.45) is 2.61. The molecule has 3 rings (SSSR count). The summed E-state index contributed by atoms with van der Waals surface area (Å²) in [6, 6.07) is 9.59. The van der Waals surface area contributed by atoms with Gasteiger partial charge in [0.2, 0.25) is 0 Å². The minimum atomic E-state index is -0.541. The maximum atomic E-state index is 11.8. The molecule has 0 saturated carbocycles. The number of pyridine rings is 1. The van der Waals surface area contributed by atoms with Crippen LogP contribution in [0.3, 0.4) is 0 Å². The number of rotatable bonds is 5. The van der Waals surface area contributed by atoms with Gasteiger partial charge in [-0.05, 0) is 12.1 Å². The van der Waals surface area contributed by atoms with E-state index in [4.69, 9.17) is 11.6 Å². The van der Waals surface area contributed by atoms with E-state index in [0.29, 0.717) is 17.4 Å². The number of nitrogens with zero attached hydrogens (tertiary/aromatic N) is 5. The molecule has 9 heteroatoms. The van der Waals surface area contributed by atoms with Crippen LogP contribution in [0.2, 0.25) is 5.02 Å². The fraction of sp³-hybridized carbons (Fsp3) is 0.133. The second-order valence-electron chi connectivity index (χ2n) is 4.96. The van der Waals surface area contributed by atoms with Gasteiger partial charge in [-0.25, -0.2) is 9.67 Å². The third kappa shape index (κ3) is 3.18. The highest BCUT2D eigenvalue weighted by molar-refractivity contribution is 6.33. The fourth-order valence-corrected chi connectivity index (χ4v) is 2.50.